The van der Waals surface area contributed by atoms with Gasteiger partial charge in [-0.1, -0.05) is 29.8 Å². The molecule has 2 aliphatic carbocycles. The molecular weight excluding hydrogens is 417 g/mol. The quantitative estimate of drug-likeness (QED) is 0.468. The van der Waals surface area contributed by atoms with E-state index in [1.165, 1.54) is 29.0 Å². The van der Waals surface area contributed by atoms with Crippen LogP contribution >= 0.6 is 0 Å². The van der Waals surface area contributed by atoms with Crippen molar-refractivity contribution in [1.82, 2.24) is 19.6 Å². The van der Waals surface area contributed by atoms with Crippen molar-refractivity contribution in [3.05, 3.63) is 83.1 Å². The Labute approximate surface area is 190 Å². The Morgan fingerprint density at radius 3 is 2.91 bits per heavy atom. The molecule has 0 spiro atoms. The smallest absolute Gasteiger partial charge is 0.163 e. The standard InChI is InChI=1S/C26H24FN5O/c1-15(33)23-14-29-32-25(11-24(31-26(23)32)18-9-19(27)13-28-12-18)30-20-7-6-17-8-16-4-2-3-5-21(16)22(17)10-20/h2-5,9,11-15,20,30,33H,6-8,10H2,1H3/t15-,20-/m1/s1. The van der Waals surface area contributed by atoms with Crippen LogP contribution in [-0.2, 0) is 6.42 Å². The first kappa shape index (κ1) is 20.1. The van der Waals surface area contributed by atoms with Crippen molar-refractivity contribution in [3.8, 4) is 11.3 Å². The van der Waals surface area contributed by atoms with Gasteiger partial charge in [0.2, 0.25) is 0 Å². The van der Waals surface area contributed by atoms with Gasteiger partial charge in [0.05, 0.1) is 24.2 Å². The van der Waals surface area contributed by atoms with Gasteiger partial charge in [-0.05, 0) is 55.4 Å². The van der Waals surface area contributed by atoms with Gasteiger partial charge in [0.25, 0.3) is 0 Å². The van der Waals surface area contributed by atoms with Gasteiger partial charge < -0.3 is 10.4 Å². The third-order valence-corrected chi connectivity index (χ3v) is 6.72. The molecule has 0 fully saturated rings. The molecule has 0 aliphatic heterocycles. The number of fused-ring (bicyclic) bond motifs is 3. The number of aliphatic hydroxyl groups excluding tert-OH is 1. The molecule has 166 valence electrons. The zero-order chi connectivity index (χ0) is 22.5. The van der Waals surface area contributed by atoms with Crippen LogP contribution in [0.1, 0.15) is 49.0 Å². The molecule has 0 saturated carbocycles. The Bertz CT molecular complexity index is 1410. The molecule has 0 unspecified atom stereocenters. The molecule has 6 nitrogen and oxygen atoms in total. The highest BCUT2D eigenvalue weighted by Crippen LogP contribution is 2.42. The third-order valence-electron chi connectivity index (χ3n) is 6.72. The predicted molar refractivity (Wildman–Crippen MR) is 125 cm³/mol. The number of hydrogen-bond donors (Lipinski definition) is 2. The van der Waals surface area contributed by atoms with Crippen molar-refractivity contribution < 1.29 is 9.50 Å². The molecule has 4 aromatic rings. The molecule has 33 heavy (non-hydrogen) atoms. The number of aliphatic hydroxyl groups is 1. The number of pyridine rings is 1. The van der Waals surface area contributed by atoms with Crippen LogP contribution in [0.15, 0.2) is 60.6 Å². The van der Waals surface area contributed by atoms with Crippen molar-refractivity contribution >= 4 is 17.0 Å². The molecule has 0 bridgehead atoms. The van der Waals surface area contributed by atoms with E-state index in [1.54, 1.807) is 29.4 Å². The second kappa shape index (κ2) is 7.78. The van der Waals surface area contributed by atoms with E-state index < -0.39 is 11.9 Å². The van der Waals surface area contributed by atoms with Crippen molar-refractivity contribution in [2.24, 2.45) is 0 Å². The lowest BCUT2D eigenvalue weighted by atomic mass is 9.88. The van der Waals surface area contributed by atoms with E-state index in [0.717, 1.165) is 31.5 Å². The van der Waals surface area contributed by atoms with Crippen LogP contribution in [-0.4, -0.2) is 30.7 Å². The monoisotopic (exact) mass is 441 g/mol. The minimum absolute atomic E-state index is 0.234. The second-order valence-electron chi connectivity index (χ2n) is 8.93. The van der Waals surface area contributed by atoms with Crippen LogP contribution in [0.2, 0.25) is 0 Å². The van der Waals surface area contributed by atoms with E-state index in [2.05, 4.69) is 44.6 Å². The molecular formula is C26H24FN5O. The van der Waals surface area contributed by atoms with Crippen molar-refractivity contribution in [2.45, 2.75) is 44.8 Å². The molecule has 1 aromatic carbocycles. The molecule has 7 heteroatoms. The van der Waals surface area contributed by atoms with E-state index in [4.69, 9.17) is 0 Å². The minimum atomic E-state index is -0.721. The van der Waals surface area contributed by atoms with Gasteiger partial charge in [-0.25, -0.2) is 9.37 Å². The van der Waals surface area contributed by atoms with Crippen LogP contribution < -0.4 is 5.32 Å². The first-order valence-electron chi connectivity index (χ1n) is 11.3. The van der Waals surface area contributed by atoms with Gasteiger partial charge in [-0.15, -0.1) is 0 Å². The van der Waals surface area contributed by atoms with E-state index in [-0.39, 0.29) is 6.04 Å². The Balaban J connectivity index is 1.38. The number of hydrogen-bond acceptors (Lipinski definition) is 5. The van der Waals surface area contributed by atoms with E-state index in [0.29, 0.717) is 22.5 Å². The Kier molecular flexibility index (Phi) is 4.73. The highest BCUT2D eigenvalue weighted by molar-refractivity contribution is 5.78. The fourth-order valence-electron chi connectivity index (χ4n) is 5.10. The zero-order valence-corrected chi connectivity index (χ0v) is 18.3. The summed E-state index contributed by atoms with van der Waals surface area (Å²) in [5.74, 6) is 0.353. The molecule has 2 aliphatic rings. The summed E-state index contributed by atoms with van der Waals surface area (Å²) in [5, 5.41) is 18.4. The number of nitrogens with zero attached hydrogens (tertiary/aromatic N) is 4. The molecule has 3 heterocycles. The summed E-state index contributed by atoms with van der Waals surface area (Å²) in [4.78, 5) is 8.66. The maximum Gasteiger partial charge on any atom is 0.163 e. The number of nitrogens with one attached hydrogen (secondary N) is 1. The molecule has 0 amide bonds. The summed E-state index contributed by atoms with van der Waals surface area (Å²) in [6, 6.07) is 12.2. The molecule has 6 rings (SSSR count). The Hall–Kier alpha value is -3.58. The number of benzene rings is 1. The van der Waals surface area contributed by atoms with Gasteiger partial charge >= 0.3 is 0 Å². The number of aromatic nitrogens is 4. The first-order chi connectivity index (χ1) is 16.1. The van der Waals surface area contributed by atoms with Crippen molar-refractivity contribution in [1.29, 1.82) is 0 Å². The summed E-state index contributed by atoms with van der Waals surface area (Å²) in [6.07, 6.45) is 7.78. The van der Waals surface area contributed by atoms with Crippen molar-refractivity contribution in [3.63, 3.8) is 0 Å². The van der Waals surface area contributed by atoms with Crippen LogP contribution in [0.25, 0.3) is 22.5 Å². The lowest BCUT2D eigenvalue weighted by Crippen LogP contribution is -2.24. The summed E-state index contributed by atoms with van der Waals surface area (Å²) in [6.45, 7) is 1.69. The fourth-order valence-corrected chi connectivity index (χ4v) is 5.10. The lowest BCUT2D eigenvalue weighted by molar-refractivity contribution is 0.200. The van der Waals surface area contributed by atoms with Crippen LogP contribution in [0.5, 0.6) is 0 Å². The van der Waals surface area contributed by atoms with E-state index in [9.17, 15) is 9.50 Å². The van der Waals surface area contributed by atoms with Crippen LogP contribution in [0, 0.1) is 5.82 Å². The number of rotatable bonds is 4. The highest BCUT2D eigenvalue weighted by Gasteiger charge is 2.28. The Morgan fingerprint density at radius 1 is 1.18 bits per heavy atom. The largest absolute Gasteiger partial charge is 0.389 e. The average Bonchev–Trinajstić information content (AvgIpc) is 3.41. The van der Waals surface area contributed by atoms with E-state index >= 15 is 0 Å². The second-order valence-corrected chi connectivity index (χ2v) is 8.93. The highest BCUT2D eigenvalue weighted by atomic mass is 19.1. The minimum Gasteiger partial charge on any atom is -0.389 e. The average molecular weight is 442 g/mol. The number of anilines is 1. The van der Waals surface area contributed by atoms with Gasteiger partial charge in [0.1, 0.15) is 11.6 Å². The molecule has 0 radical (unpaired) electrons. The maximum absolute atomic E-state index is 13.9. The van der Waals surface area contributed by atoms with Gasteiger partial charge in [-0.3, -0.25) is 4.98 Å². The number of halogens is 1. The molecule has 3 aromatic heterocycles. The first-order valence-corrected chi connectivity index (χ1v) is 11.3. The van der Waals surface area contributed by atoms with Gasteiger partial charge in [0.15, 0.2) is 5.65 Å². The fraction of sp³-hybridized carbons (Fsp3) is 0.269. The SMILES string of the molecule is C[C@@H](O)c1cnn2c(N[C@@H]3CCC4=C(C3)c3ccccc3C4)cc(-c3cncc(F)c3)nc12. The number of allylic oxidation sites excluding steroid dienone is 1. The van der Waals surface area contributed by atoms with Gasteiger partial charge in [-0.2, -0.15) is 9.61 Å². The molecule has 0 saturated heterocycles. The van der Waals surface area contributed by atoms with Crippen LogP contribution in [0.3, 0.4) is 0 Å². The summed E-state index contributed by atoms with van der Waals surface area (Å²) < 4.78 is 15.6. The predicted octanol–water partition coefficient (Wildman–Crippen LogP) is 4.96. The molecule has 2 N–H and O–H groups in total. The maximum atomic E-state index is 13.9. The van der Waals surface area contributed by atoms with Crippen molar-refractivity contribution in [2.75, 3.05) is 5.32 Å². The topological polar surface area (TPSA) is 75.3 Å². The third kappa shape index (κ3) is 3.49. The molecule has 2 atom stereocenters. The van der Waals surface area contributed by atoms with Crippen LogP contribution in [0.4, 0.5) is 10.2 Å². The van der Waals surface area contributed by atoms with E-state index in [1.807, 2.05) is 6.07 Å². The summed E-state index contributed by atoms with van der Waals surface area (Å²) >= 11 is 0. The summed E-state index contributed by atoms with van der Waals surface area (Å²) in [5.41, 5.74) is 8.15. The zero-order valence-electron chi connectivity index (χ0n) is 18.3. The summed E-state index contributed by atoms with van der Waals surface area (Å²) in [7, 11) is 0. The Morgan fingerprint density at radius 2 is 2.06 bits per heavy atom. The van der Waals surface area contributed by atoms with Gasteiger partial charge in [0, 0.05) is 29.4 Å². The normalized spacial score (nSPS) is 18.3. The lowest BCUT2D eigenvalue weighted by Gasteiger charge is -2.26.